The third-order valence-electron chi connectivity index (χ3n) is 6.25. The van der Waals surface area contributed by atoms with Crippen molar-refractivity contribution < 1.29 is 13.9 Å². The Labute approximate surface area is 187 Å². The number of hydrogen-bond acceptors (Lipinski definition) is 5. The summed E-state index contributed by atoms with van der Waals surface area (Å²) in [7, 11) is 2.11. The Bertz CT molecular complexity index is 1270. The van der Waals surface area contributed by atoms with E-state index in [1.165, 1.54) is 0 Å². The largest absolute Gasteiger partial charge is 0.487 e. The van der Waals surface area contributed by atoms with Crippen LogP contribution in [0.15, 0.2) is 59.1 Å². The number of furan rings is 1. The quantitative estimate of drug-likeness (QED) is 0.498. The van der Waals surface area contributed by atoms with Crippen molar-refractivity contribution in [1.82, 2.24) is 15.2 Å². The number of aromatic nitrogens is 1. The molecule has 6 nitrogen and oxygen atoms in total. The van der Waals surface area contributed by atoms with Gasteiger partial charge in [0.25, 0.3) is 5.91 Å². The number of nitrogens with zero attached hydrogens (tertiary/aromatic N) is 2. The molecule has 0 spiro atoms. The second-order valence-electron chi connectivity index (χ2n) is 8.51. The van der Waals surface area contributed by atoms with E-state index in [-0.39, 0.29) is 11.9 Å². The van der Waals surface area contributed by atoms with Gasteiger partial charge in [0.1, 0.15) is 23.7 Å². The summed E-state index contributed by atoms with van der Waals surface area (Å²) in [5.74, 6) is 1.23. The average molecular weight is 430 g/mol. The number of pyridine rings is 1. The van der Waals surface area contributed by atoms with Crippen molar-refractivity contribution in [2.45, 2.75) is 32.4 Å². The number of hydrogen-bond donors (Lipinski definition) is 1. The Hall–Kier alpha value is -3.38. The van der Waals surface area contributed by atoms with Gasteiger partial charge in [0.15, 0.2) is 0 Å². The van der Waals surface area contributed by atoms with E-state index >= 15 is 0 Å². The molecule has 0 radical (unpaired) electrons. The molecule has 164 valence electrons. The Morgan fingerprint density at radius 1 is 1.16 bits per heavy atom. The molecule has 1 amide bonds. The van der Waals surface area contributed by atoms with Crippen LogP contribution in [0, 0.1) is 6.92 Å². The fourth-order valence-corrected chi connectivity index (χ4v) is 4.43. The number of nitrogens with one attached hydrogen (secondary N) is 1. The molecule has 6 heteroatoms. The van der Waals surface area contributed by atoms with E-state index in [2.05, 4.69) is 34.4 Å². The third kappa shape index (κ3) is 4.06. The van der Waals surface area contributed by atoms with Gasteiger partial charge in [-0.25, -0.2) is 0 Å². The molecular weight excluding hydrogens is 402 g/mol. The fraction of sp³-hybridized carbons (Fsp3) is 0.308. The lowest BCUT2D eigenvalue weighted by Gasteiger charge is -2.29. The van der Waals surface area contributed by atoms with E-state index in [0.29, 0.717) is 29.3 Å². The van der Waals surface area contributed by atoms with Crippen molar-refractivity contribution in [3.05, 3.63) is 71.7 Å². The van der Waals surface area contributed by atoms with E-state index in [1.54, 1.807) is 6.20 Å². The van der Waals surface area contributed by atoms with Gasteiger partial charge in [-0.1, -0.05) is 24.3 Å². The monoisotopic (exact) mass is 429 g/mol. The van der Waals surface area contributed by atoms with Crippen molar-refractivity contribution in [3.63, 3.8) is 0 Å². The Morgan fingerprint density at radius 2 is 1.97 bits per heavy atom. The summed E-state index contributed by atoms with van der Waals surface area (Å²) in [6, 6.07) is 15.9. The molecule has 2 aromatic carbocycles. The van der Waals surface area contributed by atoms with Crippen LogP contribution in [0.5, 0.6) is 5.75 Å². The van der Waals surface area contributed by atoms with Crippen LogP contribution in [0.4, 0.5) is 0 Å². The molecule has 4 aromatic rings. The minimum atomic E-state index is -0.0799. The van der Waals surface area contributed by atoms with Gasteiger partial charge < -0.3 is 19.4 Å². The van der Waals surface area contributed by atoms with Crippen LogP contribution in [0.3, 0.4) is 0 Å². The van der Waals surface area contributed by atoms with E-state index in [9.17, 15) is 4.79 Å². The average Bonchev–Trinajstić information content (AvgIpc) is 3.14. The highest BCUT2D eigenvalue weighted by atomic mass is 16.5. The van der Waals surface area contributed by atoms with E-state index in [4.69, 9.17) is 9.15 Å². The summed E-state index contributed by atoms with van der Waals surface area (Å²) in [6.07, 6.45) is 3.72. The number of ether oxygens (including phenoxy) is 1. The minimum absolute atomic E-state index is 0.0799. The number of amides is 1. The zero-order valence-corrected chi connectivity index (χ0v) is 18.4. The first kappa shape index (κ1) is 20.5. The molecule has 1 fully saturated rings. The first-order valence-corrected chi connectivity index (χ1v) is 11.1. The number of carbonyl (C=O) groups is 1. The van der Waals surface area contributed by atoms with Gasteiger partial charge in [0, 0.05) is 23.0 Å². The van der Waals surface area contributed by atoms with E-state index < -0.39 is 0 Å². The molecule has 1 N–H and O–H groups in total. The van der Waals surface area contributed by atoms with Gasteiger partial charge >= 0.3 is 0 Å². The molecule has 1 saturated heterocycles. The lowest BCUT2D eigenvalue weighted by Crippen LogP contribution is -2.43. The third-order valence-corrected chi connectivity index (χ3v) is 6.25. The lowest BCUT2D eigenvalue weighted by molar-refractivity contribution is 0.0917. The van der Waals surface area contributed by atoms with Crippen LogP contribution in [-0.2, 0) is 6.61 Å². The summed E-state index contributed by atoms with van der Waals surface area (Å²) in [5, 5.41) is 6.18. The van der Waals surface area contributed by atoms with Crippen LogP contribution < -0.4 is 10.1 Å². The number of carbonyl (C=O) groups excluding carboxylic acids is 1. The zero-order chi connectivity index (χ0) is 22.1. The number of aryl methyl sites for hydroxylation is 1. The number of likely N-dealkylation sites (tertiary alicyclic amines) is 1. The maximum atomic E-state index is 13.1. The molecule has 0 unspecified atom stereocenters. The highest BCUT2D eigenvalue weighted by Crippen LogP contribution is 2.30. The summed E-state index contributed by atoms with van der Waals surface area (Å²) in [6.45, 7) is 4.18. The van der Waals surface area contributed by atoms with Crippen LogP contribution in [0.2, 0.25) is 0 Å². The molecule has 32 heavy (non-hydrogen) atoms. The second-order valence-corrected chi connectivity index (χ2v) is 8.51. The molecule has 0 saturated carbocycles. The van der Waals surface area contributed by atoms with Gasteiger partial charge in [0.2, 0.25) is 0 Å². The topological polar surface area (TPSA) is 67.6 Å². The molecule has 2 aromatic heterocycles. The van der Waals surface area contributed by atoms with Gasteiger partial charge in [0.05, 0.1) is 11.3 Å². The highest BCUT2D eigenvalue weighted by Gasteiger charge is 2.23. The number of rotatable bonds is 5. The fourth-order valence-electron chi connectivity index (χ4n) is 4.43. The van der Waals surface area contributed by atoms with E-state index in [1.807, 2.05) is 43.3 Å². The van der Waals surface area contributed by atoms with Crippen molar-refractivity contribution in [1.29, 1.82) is 0 Å². The number of fused-ring (bicyclic) bond motifs is 2. The van der Waals surface area contributed by atoms with Crippen LogP contribution in [0.1, 0.15) is 34.7 Å². The molecular formula is C26H27N3O3. The number of piperidine rings is 1. The number of benzene rings is 2. The van der Waals surface area contributed by atoms with Gasteiger partial charge in [-0.3, -0.25) is 9.78 Å². The second kappa shape index (κ2) is 8.63. The van der Waals surface area contributed by atoms with Crippen molar-refractivity contribution >= 4 is 27.6 Å². The molecule has 3 heterocycles. The summed E-state index contributed by atoms with van der Waals surface area (Å²) >= 11 is 0. The maximum Gasteiger partial charge on any atom is 0.255 e. The highest BCUT2D eigenvalue weighted by molar-refractivity contribution is 6.07. The maximum absolute atomic E-state index is 13.1. The molecule has 5 rings (SSSR count). The van der Waals surface area contributed by atoms with Crippen LogP contribution in [-0.4, -0.2) is 42.0 Å². The molecule has 1 aliphatic heterocycles. The predicted molar refractivity (Wildman–Crippen MR) is 125 cm³/mol. The zero-order valence-electron chi connectivity index (χ0n) is 18.4. The Morgan fingerprint density at radius 3 is 2.81 bits per heavy atom. The van der Waals surface area contributed by atoms with E-state index in [0.717, 1.165) is 47.8 Å². The Kier molecular flexibility index (Phi) is 5.53. The lowest BCUT2D eigenvalue weighted by atomic mass is 10.0. The summed E-state index contributed by atoms with van der Waals surface area (Å²) in [4.78, 5) is 19.9. The van der Waals surface area contributed by atoms with Gasteiger partial charge in [-0.15, -0.1) is 0 Å². The standard InChI is InChI=1S/C26H27N3O3/c1-17-25(26(30)28-19-10-13-29(2)14-11-19)22-15-20(7-8-24(22)32-17)31-16-23-21-6-4-3-5-18(21)9-12-27-23/h3-9,12,15,19H,10-11,13-14,16H2,1-2H3,(H,28,30). The summed E-state index contributed by atoms with van der Waals surface area (Å²) < 4.78 is 11.9. The van der Waals surface area contributed by atoms with Crippen molar-refractivity contribution in [2.24, 2.45) is 0 Å². The first-order valence-electron chi connectivity index (χ1n) is 11.1. The van der Waals surface area contributed by atoms with Gasteiger partial charge in [-0.2, -0.15) is 0 Å². The smallest absolute Gasteiger partial charge is 0.255 e. The molecule has 1 aliphatic rings. The van der Waals surface area contributed by atoms with Crippen LogP contribution in [0.25, 0.3) is 21.7 Å². The van der Waals surface area contributed by atoms with Gasteiger partial charge in [-0.05, 0) is 69.6 Å². The van der Waals surface area contributed by atoms with Crippen molar-refractivity contribution in [3.8, 4) is 5.75 Å². The predicted octanol–water partition coefficient (Wildman–Crippen LogP) is 4.69. The summed E-state index contributed by atoms with van der Waals surface area (Å²) in [5.41, 5.74) is 2.16. The normalized spacial score (nSPS) is 15.3. The van der Waals surface area contributed by atoms with Crippen LogP contribution >= 0.6 is 0 Å². The SMILES string of the molecule is Cc1oc2ccc(OCc3nccc4ccccc34)cc2c1C(=O)NC1CCN(C)CC1. The molecule has 0 aliphatic carbocycles. The first-order chi connectivity index (χ1) is 15.6. The molecule has 0 atom stereocenters. The van der Waals surface area contributed by atoms with Crippen molar-refractivity contribution in [2.75, 3.05) is 20.1 Å². The Balaban J connectivity index is 1.37. The minimum Gasteiger partial charge on any atom is -0.487 e. The molecule has 0 bridgehead atoms.